The molecule has 0 amide bonds. The Balaban J connectivity index is 1.69. The predicted octanol–water partition coefficient (Wildman–Crippen LogP) is 3.70. The molecule has 5 rings (SSSR count). The quantitative estimate of drug-likeness (QED) is 0.119. The Kier molecular flexibility index (Phi) is 10.9. The molecule has 292 valence electrons. The molecule has 0 unspecified atom stereocenters. The van der Waals surface area contributed by atoms with E-state index in [1.165, 1.54) is 12.1 Å². The number of anilines is 1. The summed E-state index contributed by atoms with van der Waals surface area (Å²) in [4.78, 5) is 11.4. The maximum Gasteiger partial charge on any atom is 0.298 e. The van der Waals surface area contributed by atoms with Crippen molar-refractivity contribution in [2.45, 2.75) is 61.2 Å². The fourth-order valence-corrected chi connectivity index (χ4v) is 9.62. The summed E-state index contributed by atoms with van der Waals surface area (Å²) in [5.74, 6) is -0.924. The van der Waals surface area contributed by atoms with E-state index in [4.69, 9.17) is 4.74 Å². The summed E-state index contributed by atoms with van der Waals surface area (Å²) in [7, 11) is -18.8. The summed E-state index contributed by atoms with van der Waals surface area (Å²) in [6.45, 7) is 7.76. The second-order valence-electron chi connectivity index (χ2n) is 13.9. The Morgan fingerprint density at radius 1 is 0.833 bits per heavy atom. The van der Waals surface area contributed by atoms with Crippen LogP contribution in [0.3, 0.4) is 0 Å². The van der Waals surface area contributed by atoms with E-state index in [1.807, 2.05) is 18.7 Å². The van der Waals surface area contributed by atoms with Gasteiger partial charge in [0, 0.05) is 58.6 Å². The van der Waals surface area contributed by atoms with E-state index in [1.54, 1.807) is 54.9 Å². The van der Waals surface area contributed by atoms with Crippen LogP contribution in [0.5, 0.6) is 5.75 Å². The van der Waals surface area contributed by atoms with Crippen molar-refractivity contribution in [2.75, 3.05) is 29.5 Å². The van der Waals surface area contributed by atoms with Gasteiger partial charge in [0.15, 0.2) is 5.71 Å². The molecular formula is C34H38N2O14S4. The van der Waals surface area contributed by atoms with Gasteiger partial charge in [0.05, 0.1) is 26.2 Å². The van der Waals surface area contributed by atoms with E-state index in [-0.39, 0.29) is 48.9 Å². The van der Waals surface area contributed by atoms with Crippen LogP contribution in [-0.4, -0.2) is 93.2 Å². The first-order valence-corrected chi connectivity index (χ1v) is 22.3. The van der Waals surface area contributed by atoms with Crippen molar-refractivity contribution in [1.82, 2.24) is 0 Å². The van der Waals surface area contributed by atoms with E-state index in [0.29, 0.717) is 34.4 Å². The van der Waals surface area contributed by atoms with Crippen molar-refractivity contribution >= 4 is 74.8 Å². The number of hydrogen-bond acceptors (Lipinski definition) is 12. The Hall–Kier alpha value is -4.02. The molecule has 0 aromatic heterocycles. The zero-order valence-electron chi connectivity index (χ0n) is 29.5. The molecule has 2 aliphatic heterocycles. The lowest BCUT2D eigenvalue weighted by Crippen LogP contribution is -2.29. The van der Waals surface area contributed by atoms with Gasteiger partial charge in [-0.3, -0.25) is 18.5 Å². The molecule has 0 saturated heterocycles. The average molecular weight is 827 g/mol. The molecule has 0 saturated carbocycles. The molecule has 3 aromatic carbocycles. The first kappa shape index (κ1) is 41.1. The normalized spacial score (nSPS) is 17.8. The molecule has 54 heavy (non-hydrogen) atoms. The number of rotatable bonds is 14. The van der Waals surface area contributed by atoms with Crippen molar-refractivity contribution < 1.29 is 66.0 Å². The lowest BCUT2D eigenvalue weighted by molar-refractivity contribution is -0.437. The van der Waals surface area contributed by atoms with Crippen LogP contribution >= 0.6 is 0 Å². The SMILES string of the molecule is CC1(C)C(/C=C/C=C2/N(CCCS(=O)(=O)[O-])c3ccc(OC=O)cc3C2(C)C)=[N+](CCCS(=O)(=O)O)c2ccc3c(S(=O)(=O)O)cc(S(=O)(=O)O)cc3c21. The molecule has 2 heterocycles. The number of carbonyl (C=O) groups is 1. The molecule has 0 aliphatic carbocycles. The van der Waals surface area contributed by atoms with Crippen LogP contribution in [0.4, 0.5) is 11.4 Å². The number of nitrogens with zero attached hydrogens (tertiary/aromatic N) is 2. The van der Waals surface area contributed by atoms with Crippen molar-refractivity contribution in [3.8, 4) is 5.75 Å². The van der Waals surface area contributed by atoms with Crippen LogP contribution in [0.1, 0.15) is 51.7 Å². The van der Waals surface area contributed by atoms with Crippen LogP contribution in [0.15, 0.2) is 76.2 Å². The number of ether oxygens (including phenoxy) is 1. The Bertz CT molecular complexity index is 2610. The summed E-state index contributed by atoms with van der Waals surface area (Å²) in [6.07, 6.45) is 5.11. The van der Waals surface area contributed by atoms with E-state index in [2.05, 4.69) is 0 Å². The van der Waals surface area contributed by atoms with Gasteiger partial charge in [-0.05, 0) is 73.7 Å². The molecular weight excluding hydrogens is 789 g/mol. The molecule has 0 fully saturated rings. The van der Waals surface area contributed by atoms with Gasteiger partial charge in [0.25, 0.3) is 36.8 Å². The van der Waals surface area contributed by atoms with Gasteiger partial charge in [-0.25, -0.2) is 8.42 Å². The predicted molar refractivity (Wildman–Crippen MR) is 197 cm³/mol. The third-order valence-electron chi connectivity index (χ3n) is 9.59. The Morgan fingerprint density at radius 2 is 1.52 bits per heavy atom. The summed E-state index contributed by atoms with van der Waals surface area (Å²) >= 11 is 0. The van der Waals surface area contributed by atoms with Gasteiger partial charge in [-0.1, -0.05) is 19.9 Å². The highest BCUT2D eigenvalue weighted by Crippen LogP contribution is 2.50. The smallest absolute Gasteiger partial charge is 0.298 e. The topological polar surface area (TPSA) is 253 Å². The van der Waals surface area contributed by atoms with Gasteiger partial charge in [0.1, 0.15) is 17.2 Å². The lowest BCUT2D eigenvalue weighted by atomic mass is 9.79. The van der Waals surface area contributed by atoms with Gasteiger partial charge in [0.2, 0.25) is 5.69 Å². The second kappa shape index (κ2) is 14.2. The zero-order valence-corrected chi connectivity index (χ0v) is 32.7. The molecule has 0 atom stereocenters. The highest BCUT2D eigenvalue weighted by Gasteiger charge is 2.46. The fourth-order valence-electron chi connectivity index (χ4n) is 7.30. The average Bonchev–Trinajstić information content (AvgIpc) is 3.37. The van der Waals surface area contributed by atoms with E-state index >= 15 is 0 Å². The van der Waals surface area contributed by atoms with E-state index < -0.39 is 72.6 Å². The summed E-state index contributed by atoms with van der Waals surface area (Å²) in [6, 6.07) is 9.59. The number of carbonyl (C=O) groups excluding carboxylic acids is 1. The minimum absolute atomic E-state index is 0.000422. The van der Waals surface area contributed by atoms with Crippen molar-refractivity contribution in [2.24, 2.45) is 0 Å². The fraction of sp³-hybridized carbons (Fsp3) is 0.353. The highest BCUT2D eigenvalue weighted by molar-refractivity contribution is 7.87. The summed E-state index contributed by atoms with van der Waals surface area (Å²) < 4.78 is 143. The van der Waals surface area contributed by atoms with E-state index in [0.717, 1.165) is 11.6 Å². The summed E-state index contributed by atoms with van der Waals surface area (Å²) in [5.41, 5.74) is 1.64. The van der Waals surface area contributed by atoms with Gasteiger partial charge in [-0.15, -0.1) is 0 Å². The maximum atomic E-state index is 12.4. The van der Waals surface area contributed by atoms with Crippen LogP contribution in [0.2, 0.25) is 0 Å². The monoisotopic (exact) mass is 826 g/mol. The highest BCUT2D eigenvalue weighted by atomic mass is 32.2. The molecule has 0 spiro atoms. The first-order valence-electron chi connectivity index (χ1n) is 16.3. The Labute approximate surface area is 313 Å². The minimum Gasteiger partial charge on any atom is -0.748 e. The number of fused-ring (bicyclic) bond motifs is 4. The maximum absolute atomic E-state index is 12.4. The largest absolute Gasteiger partial charge is 0.748 e. The van der Waals surface area contributed by atoms with Crippen molar-refractivity contribution in [1.29, 1.82) is 0 Å². The van der Waals surface area contributed by atoms with Gasteiger partial charge in [-0.2, -0.15) is 29.8 Å². The minimum atomic E-state index is -5.00. The standard InChI is InChI=1S/C34H38N2O14S4/c1-33(2)26-18-22(50-21-37)10-12-27(26)35(14-6-16-51(38,39)40)30(33)8-5-9-31-34(3,4)32-25-19-23(53(44,45)46)20-29(54(47,48)49)24(25)11-13-28(32)36(31)15-7-17-52(41,42)43/h5,8-13,18-21H,6-7,14-17H2,1-4H3,(H3-,38,39,40,41,42,43,44,45,46,47,48,49). The molecule has 3 N–H and O–H groups in total. The molecule has 16 nitrogen and oxygen atoms in total. The molecule has 0 bridgehead atoms. The molecule has 0 radical (unpaired) electrons. The number of benzene rings is 3. The molecule has 20 heteroatoms. The van der Waals surface area contributed by atoms with Crippen LogP contribution < -0.4 is 9.64 Å². The van der Waals surface area contributed by atoms with Crippen LogP contribution in [-0.2, 0) is 56.1 Å². The zero-order chi connectivity index (χ0) is 40.2. The second-order valence-corrected chi connectivity index (χ2v) is 19.8. The van der Waals surface area contributed by atoms with Crippen LogP contribution in [0.25, 0.3) is 10.8 Å². The molecule has 2 aliphatic rings. The number of hydrogen-bond donors (Lipinski definition) is 3. The number of allylic oxidation sites excluding steroid dienone is 4. The van der Waals surface area contributed by atoms with Gasteiger partial charge >= 0.3 is 0 Å². The first-order chi connectivity index (χ1) is 24.8. The van der Waals surface area contributed by atoms with Gasteiger partial charge < -0.3 is 14.2 Å². The van der Waals surface area contributed by atoms with Crippen LogP contribution in [0, 0.1) is 0 Å². The summed E-state index contributed by atoms with van der Waals surface area (Å²) in [5, 5.41) is 0.0306. The van der Waals surface area contributed by atoms with Crippen molar-refractivity contribution in [3.05, 3.63) is 77.5 Å². The molecule has 3 aromatic rings. The van der Waals surface area contributed by atoms with E-state index in [9.17, 15) is 56.7 Å². The lowest BCUT2D eigenvalue weighted by Gasteiger charge is -2.27. The third kappa shape index (κ3) is 8.30. The Morgan fingerprint density at radius 3 is 2.11 bits per heavy atom. The van der Waals surface area contributed by atoms with Crippen molar-refractivity contribution in [3.63, 3.8) is 0 Å². The third-order valence-corrected chi connectivity index (χ3v) is 12.9.